The molecule has 0 amide bonds. The van der Waals surface area contributed by atoms with Crippen LogP contribution in [0.15, 0.2) is 6.33 Å². The molecule has 8 nitrogen and oxygen atoms in total. The van der Waals surface area contributed by atoms with E-state index in [1.807, 2.05) is 0 Å². The van der Waals surface area contributed by atoms with Gasteiger partial charge in [0.05, 0.1) is 4.92 Å². The molecule has 0 fully saturated rings. The number of hydrogen-bond donors (Lipinski definition) is 2. The first kappa shape index (κ1) is 10.1. The van der Waals surface area contributed by atoms with E-state index in [1.54, 1.807) is 14.1 Å². The van der Waals surface area contributed by atoms with Crippen molar-refractivity contribution in [2.75, 3.05) is 24.4 Å². The highest BCUT2D eigenvalue weighted by atomic mass is 16.6. The summed E-state index contributed by atoms with van der Waals surface area (Å²) in [4.78, 5) is 19.1. The van der Waals surface area contributed by atoms with E-state index in [-0.39, 0.29) is 17.3 Å². The number of nitrogens with zero attached hydrogens (tertiary/aromatic N) is 4. The summed E-state index contributed by atoms with van der Waals surface area (Å²) in [7, 11) is 3.30. The fourth-order valence-electron chi connectivity index (χ4n) is 0.970. The van der Waals surface area contributed by atoms with E-state index in [0.29, 0.717) is 0 Å². The van der Waals surface area contributed by atoms with E-state index in [0.717, 1.165) is 0 Å². The van der Waals surface area contributed by atoms with Crippen LogP contribution in [0, 0.1) is 10.1 Å². The van der Waals surface area contributed by atoms with Gasteiger partial charge in [-0.15, -0.1) is 0 Å². The van der Waals surface area contributed by atoms with Gasteiger partial charge in [0.2, 0.25) is 11.6 Å². The Kier molecular flexibility index (Phi) is 2.77. The van der Waals surface area contributed by atoms with E-state index in [4.69, 9.17) is 5.84 Å². The fraction of sp³-hybridized carbons (Fsp3) is 0.333. The SMILES string of the molecule is CN(C)c1ncnc(NN)c1[N+](=O)[O-]. The molecule has 76 valence electrons. The zero-order valence-corrected chi connectivity index (χ0v) is 7.76. The number of rotatable bonds is 3. The number of nitro groups is 1. The summed E-state index contributed by atoms with van der Waals surface area (Å²) >= 11 is 0. The van der Waals surface area contributed by atoms with Crippen LogP contribution >= 0.6 is 0 Å². The quantitative estimate of drug-likeness (QED) is 0.391. The molecule has 0 spiro atoms. The van der Waals surface area contributed by atoms with Gasteiger partial charge < -0.3 is 10.3 Å². The van der Waals surface area contributed by atoms with Crippen molar-refractivity contribution in [2.45, 2.75) is 0 Å². The van der Waals surface area contributed by atoms with Crippen LogP contribution in [-0.2, 0) is 0 Å². The van der Waals surface area contributed by atoms with Crippen LogP contribution < -0.4 is 16.2 Å². The molecule has 1 rings (SSSR count). The Hall–Kier alpha value is -1.96. The molecular weight excluding hydrogens is 188 g/mol. The van der Waals surface area contributed by atoms with Gasteiger partial charge in [-0.25, -0.2) is 15.8 Å². The van der Waals surface area contributed by atoms with Crippen molar-refractivity contribution in [3.63, 3.8) is 0 Å². The average molecular weight is 198 g/mol. The second-order valence-corrected chi connectivity index (χ2v) is 2.69. The monoisotopic (exact) mass is 198 g/mol. The van der Waals surface area contributed by atoms with Crippen molar-refractivity contribution in [3.8, 4) is 0 Å². The van der Waals surface area contributed by atoms with Gasteiger partial charge >= 0.3 is 5.69 Å². The molecule has 1 heterocycles. The van der Waals surface area contributed by atoms with E-state index in [2.05, 4.69) is 15.4 Å². The first-order valence-electron chi connectivity index (χ1n) is 3.71. The highest BCUT2D eigenvalue weighted by Gasteiger charge is 2.23. The van der Waals surface area contributed by atoms with Crippen LogP contribution in [-0.4, -0.2) is 29.0 Å². The lowest BCUT2D eigenvalue weighted by Gasteiger charge is -2.11. The van der Waals surface area contributed by atoms with Crippen molar-refractivity contribution in [3.05, 3.63) is 16.4 Å². The lowest BCUT2D eigenvalue weighted by molar-refractivity contribution is -0.383. The highest BCUT2D eigenvalue weighted by Crippen LogP contribution is 2.29. The van der Waals surface area contributed by atoms with Gasteiger partial charge in [-0.05, 0) is 0 Å². The van der Waals surface area contributed by atoms with Crippen molar-refractivity contribution in [1.29, 1.82) is 0 Å². The predicted molar refractivity (Wildman–Crippen MR) is 50.8 cm³/mol. The van der Waals surface area contributed by atoms with Crippen molar-refractivity contribution < 1.29 is 4.92 Å². The molecule has 1 aromatic rings. The molecule has 0 aliphatic rings. The molecule has 0 aliphatic carbocycles. The van der Waals surface area contributed by atoms with Crippen molar-refractivity contribution in [1.82, 2.24) is 9.97 Å². The number of nitrogen functional groups attached to an aromatic ring is 1. The average Bonchev–Trinajstić information content (AvgIpc) is 2.16. The van der Waals surface area contributed by atoms with E-state index < -0.39 is 4.92 Å². The van der Waals surface area contributed by atoms with Crippen molar-refractivity contribution >= 4 is 17.3 Å². The smallest absolute Gasteiger partial charge is 0.354 e. The molecule has 1 aromatic heterocycles. The number of nitrogens with two attached hydrogens (primary N) is 1. The van der Waals surface area contributed by atoms with Crippen LogP contribution in [0.3, 0.4) is 0 Å². The maximum atomic E-state index is 10.7. The Labute approximate surface area is 79.9 Å². The first-order valence-corrected chi connectivity index (χ1v) is 3.71. The Balaban J connectivity index is 3.35. The third kappa shape index (κ3) is 1.69. The van der Waals surface area contributed by atoms with Gasteiger partial charge in [0.25, 0.3) is 0 Å². The molecule has 0 saturated heterocycles. The maximum Gasteiger partial charge on any atom is 0.354 e. The second kappa shape index (κ2) is 3.83. The predicted octanol–water partition coefficient (Wildman–Crippen LogP) is -0.264. The normalized spacial score (nSPS) is 9.64. The number of nitrogens with one attached hydrogen (secondary N) is 1. The van der Waals surface area contributed by atoms with E-state index >= 15 is 0 Å². The molecule has 0 saturated carbocycles. The molecule has 0 atom stereocenters. The molecule has 0 radical (unpaired) electrons. The minimum Gasteiger partial charge on any atom is -0.357 e. The second-order valence-electron chi connectivity index (χ2n) is 2.69. The van der Waals surface area contributed by atoms with Crippen LogP contribution in [0.25, 0.3) is 0 Å². The molecular formula is C6H10N6O2. The van der Waals surface area contributed by atoms with Crippen LogP contribution in [0.4, 0.5) is 17.3 Å². The summed E-state index contributed by atoms with van der Waals surface area (Å²) in [6.07, 6.45) is 1.21. The maximum absolute atomic E-state index is 10.7. The summed E-state index contributed by atoms with van der Waals surface area (Å²) in [5, 5.41) is 10.7. The molecule has 0 aromatic carbocycles. The minimum atomic E-state index is -0.579. The molecule has 3 N–H and O–H groups in total. The topological polar surface area (TPSA) is 110 Å². The first-order chi connectivity index (χ1) is 6.57. The highest BCUT2D eigenvalue weighted by molar-refractivity contribution is 5.69. The lowest BCUT2D eigenvalue weighted by Crippen LogP contribution is -2.17. The fourth-order valence-corrected chi connectivity index (χ4v) is 0.970. The van der Waals surface area contributed by atoms with Crippen LogP contribution in [0.5, 0.6) is 0 Å². The Morgan fingerprint density at radius 1 is 1.57 bits per heavy atom. The summed E-state index contributed by atoms with van der Waals surface area (Å²) in [5.74, 6) is 5.29. The van der Waals surface area contributed by atoms with Crippen LogP contribution in [0.1, 0.15) is 0 Å². The number of hydrogen-bond acceptors (Lipinski definition) is 7. The Morgan fingerprint density at radius 3 is 2.64 bits per heavy atom. The number of anilines is 2. The van der Waals surface area contributed by atoms with Gasteiger partial charge in [0.15, 0.2) is 0 Å². The summed E-state index contributed by atoms with van der Waals surface area (Å²) in [6.45, 7) is 0. The molecule has 8 heteroatoms. The van der Waals surface area contributed by atoms with Gasteiger partial charge in [-0.3, -0.25) is 10.1 Å². The van der Waals surface area contributed by atoms with E-state index in [1.165, 1.54) is 11.2 Å². The molecule has 0 aliphatic heterocycles. The number of aromatic nitrogens is 2. The summed E-state index contributed by atoms with van der Waals surface area (Å²) in [5.41, 5.74) is 1.92. The number of hydrazine groups is 1. The van der Waals surface area contributed by atoms with Gasteiger partial charge in [-0.1, -0.05) is 0 Å². The van der Waals surface area contributed by atoms with Gasteiger partial charge in [0, 0.05) is 14.1 Å². The third-order valence-electron chi connectivity index (χ3n) is 1.55. The third-order valence-corrected chi connectivity index (χ3v) is 1.55. The zero-order chi connectivity index (χ0) is 10.7. The van der Waals surface area contributed by atoms with E-state index in [9.17, 15) is 10.1 Å². The van der Waals surface area contributed by atoms with Gasteiger partial charge in [-0.2, -0.15) is 0 Å². The van der Waals surface area contributed by atoms with Gasteiger partial charge in [0.1, 0.15) is 6.33 Å². The largest absolute Gasteiger partial charge is 0.357 e. The Bertz CT molecular complexity index is 352. The zero-order valence-electron chi connectivity index (χ0n) is 7.76. The molecule has 0 unspecified atom stereocenters. The molecule has 0 bridgehead atoms. The standard InChI is InChI=1S/C6H10N6O2/c1-11(2)6-4(12(13)14)5(10-7)8-3-9-6/h3H,7H2,1-2H3,(H,8,9,10). The minimum absolute atomic E-state index is 0.00583. The van der Waals surface area contributed by atoms with Crippen LogP contribution in [0.2, 0.25) is 0 Å². The summed E-state index contributed by atoms with van der Waals surface area (Å²) in [6, 6.07) is 0. The van der Waals surface area contributed by atoms with Crippen molar-refractivity contribution in [2.24, 2.45) is 5.84 Å². The lowest BCUT2D eigenvalue weighted by atomic mass is 10.4. The summed E-state index contributed by atoms with van der Waals surface area (Å²) < 4.78 is 0. The Morgan fingerprint density at radius 2 is 2.21 bits per heavy atom. The molecule has 14 heavy (non-hydrogen) atoms.